The smallest absolute Gasteiger partial charge is 0.268 e. The van der Waals surface area contributed by atoms with Crippen LogP contribution in [0, 0.1) is 0 Å². The van der Waals surface area contributed by atoms with E-state index in [1.54, 1.807) is 24.7 Å². The predicted molar refractivity (Wildman–Crippen MR) is 69.6 cm³/mol. The number of amides is 1. The largest absolute Gasteiger partial charge is 0.347 e. The van der Waals surface area contributed by atoms with Crippen molar-refractivity contribution < 1.29 is 4.79 Å². The van der Waals surface area contributed by atoms with Gasteiger partial charge in [-0.3, -0.25) is 9.89 Å². The molecule has 0 saturated carbocycles. The Labute approximate surface area is 110 Å². The molecule has 5 nitrogen and oxygen atoms in total. The third kappa shape index (κ3) is 2.73. The van der Waals surface area contributed by atoms with Crippen molar-refractivity contribution in [1.29, 1.82) is 0 Å². The van der Waals surface area contributed by atoms with E-state index in [0.29, 0.717) is 17.3 Å². The molecule has 0 aliphatic rings. The maximum atomic E-state index is 12.1. The molecule has 0 aliphatic heterocycles. The van der Waals surface area contributed by atoms with E-state index in [2.05, 4.69) is 15.5 Å². The normalized spacial score (nSPS) is 10.9. The van der Waals surface area contributed by atoms with Crippen LogP contribution in [0.4, 0.5) is 0 Å². The number of halogens is 1. The van der Waals surface area contributed by atoms with Crippen molar-refractivity contribution in [2.75, 3.05) is 0 Å². The summed E-state index contributed by atoms with van der Waals surface area (Å²) in [6.07, 6.45) is 5.18. The molecule has 0 aromatic carbocycles. The second-order valence-corrected chi connectivity index (χ2v) is 4.77. The molecule has 2 N–H and O–H groups in total. The molecule has 1 amide bonds. The fourth-order valence-electron chi connectivity index (χ4n) is 1.70. The predicted octanol–water partition coefficient (Wildman–Crippen LogP) is 2.38. The quantitative estimate of drug-likeness (QED) is 0.892. The van der Waals surface area contributed by atoms with Gasteiger partial charge in [0.15, 0.2) is 0 Å². The number of aromatic amines is 1. The summed E-state index contributed by atoms with van der Waals surface area (Å²) in [6, 6.07) is 1.86. The second kappa shape index (κ2) is 5.27. The van der Waals surface area contributed by atoms with E-state index in [4.69, 9.17) is 11.6 Å². The molecule has 0 spiro atoms. The van der Waals surface area contributed by atoms with Crippen LogP contribution in [0.5, 0.6) is 0 Å². The summed E-state index contributed by atoms with van der Waals surface area (Å²) in [6.45, 7) is 4.45. The lowest BCUT2D eigenvalue weighted by atomic mass is 10.3. The second-order valence-electron chi connectivity index (χ2n) is 4.33. The Morgan fingerprint density at radius 2 is 2.39 bits per heavy atom. The zero-order valence-electron chi connectivity index (χ0n) is 10.3. The van der Waals surface area contributed by atoms with Gasteiger partial charge in [0.1, 0.15) is 5.69 Å². The number of rotatable bonds is 4. The molecule has 0 atom stereocenters. The van der Waals surface area contributed by atoms with Gasteiger partial charge in [0.05, 0.1) is 11.2 Å². The van der Waals surface area contributed by atoms with Crippen molar-refractivity contribution in [3.63, 3.8) is 0 Å². The van der Waals surface area contributed by atoms with Gasteiger partial charge in [-0.2, -0.15) is 5.10 Å². The maximum Gasteiger partial charge on any atom is 0.268 e. The third-order valence-corrected chi connectivity index (χ3v) is 2.82. The first-order valence-corrected chi connectivity index (χ1v) is 6.09. The van der Waals surface area contributed by atoms with E-state index >= 15 is 0 Å². The number of H-pyrrole nitrogens is 1. The van der Waals surface area contributed by atoms with E-state index in [0.717, 1.165) is 5.56 Å². The molecular formula is C12H15ClN4O. The van der Waals surface area contributed by atoms with E-state index in [1.807, 2.05) is 18.4 Å². The summed E-state index contributed by atoms with van der Waals surface area (Å²) in [7, 11) is 0. The van der Waals surface area contributed by atoms with Gasteiger partial charge in [-0.25, -0.2) is 0 Å². The third-order valence-electron chi connectivity index (χ3n) is 2.61. The fraction of sp³-hybridized carbons (Fsp3) is 0.333. The Bertz CT molecular complexity index is 530. The van der Waals surface area contributed by atoms with Crippen molar-refractivity contribution in [3.05, 3.63) is 40.9 Å². The van der Waals surface area contributed by atoms with Crippen molar-refractivity contribution in [1.82, 2.24) is 20.1 Å². The van der Waals surface area contributed by atoms with Crippen LogP contribution in [0.25, 0.3) is 0 Å². The van der Waals surface area contributed by atoms with Gasteiger partial charge in [0.25, 0.3) is 5.91 Å². The maximum absolute atomic E-state index is 12.1. The zero-order chi connectivity index (χ0) is 13.1. The molecule has 0 fully saturated rings. The number of carbonyl (C=O) groups excluding carboxylic acids is 1. The number of aromatic nitrogens is 3. The standard InChI is InChI=1S/C12H15ClN4O/c1-8(2)17-7-10(13)3-11(17)12(18)14-4-9-5-15-16-6-9/h3,5-8H,4H2,1-2H3,(H,14,18)(H,15,16). The molecule has 2 aromatic heterocycles. The van der Waals surface area contributed by atoms with Gasteiger partial charge in [0, 0.05) is 30.5 Å². The van der Waals surface area contributed by atoms with Crippen LogP contribution in [0.3, 0.4) is 0 Å². The van der Waals surface area contributed by atoms with Crippen LogP contribution in [-0.4, -0.2) is 20.7 Å². The highest BCUT2D eigenvalue weighted by atomic mass is 35.5. The Hall–Kier alpha value is -1.75. The fourth-order valence-corrected chi connectivity index (χ4v) is 1.91. The molecule has 2 rings (SSSR count). The van der Waals surface area contributed by atoms with E-state index < -0.39 is 0 Å². The lowest BCUT2D eigenvalue weighted by molar-refractivity contribution is 0.0940. The van der Waals surface area contributed by atoms with Crippen molar-refractivity contribution in [3.8, 4) is 0 Å². The molecule has 6 heteroatoms. The first kappa shape index (κ1) is 12.7. The van der Waals surface area contributed by atoms with Gasteiger partial charge in [0.2, 0.25) is 0 Å². The summed E-state index contributed by atoms with van der Waals surface area (Å²) in [4.78, 5) is 12.1. The van der Waals surface area contributed by atoms with Gasteiger partial charge in [-0.15, -0.1) is 0 Å². The summed E-state index contributed by atoms with van der Waals surface area (Å²) >= 11 is 5.94. The van der Waals surface area contributed by atoms with Gasteiger partial charge in [-0.05, 0) is 19.9 Å². The van der Waals surface area contributed by atoms with Gasteiger partial charge in [-0.1, -0.05) is 11.6 Å². The lowest BCUT2D eigenvalue weighted by Crippen LogP contribution is -2.25. The molecule has 2 aromatic rings. The minimum Gasteiger partial charge on any atom is -0.347 e. The lowest BCUT2D eigenvalue weighted by Gasteiger charge is -2.12. The SMILES string of the molecule is CC(C)n1cc(Cl)cc1C(=O)NCc1cn[nH]c1. The molecule has 0 saturated heterocycles. The van der Waals surface area contributed by atoms with Gasteiger partial charge >= 0.3 is 0 Å². The highest BCUT2D eigenvalue weighted by Crippen LogP contribution is 2.18. The Balaban J connectivity index is 2.09. The Kier molecular flexibility index (Phi) is 3.72. The molecule has 0 radical (unpaired) electrons. The monoisotopic (exact) mass is 266 g/mol. The van der Waals surface area contributed by atoms with Crippen LogP contribution < -0.4 is 5.32 Å². The average molecular weight is 267 g/mol. The van der Waals surface area contributed by atoms with Crippen molar-refractivity contribution >= 4 is 17.5 Å². The number of carbonyl (C=O) groups is 1. The summed E-state index contributed by atoms with van der Waals surface area (Å²) in [5, 5.41) is 9.92. The van der Waals surface area contributed by atoms with E-state index in [-0.39, 0.29) is 11.9 Å². The molecular weight excluding hydrogens is 252 g/mol. The topological polar surface area (TPSA) is 62.7 Å². The highest BCUT2D eigenvalue weighted by molar-refractivity contribution is 6.31. The summed E-state index contributed by atoms with van der Waals surface area (Å²) in [5.74, 6) is -0.142. The van der Waals surface area contributed by atoms with E-state index in [9.17, 15) is 4.79 Å². The molecule has 0 unspecified atom stereocenters. The molecule has 18 heavy (non-hydrogen) atoms. The Morgan fingerprint density at radius 3 is 3.00 bits per heavy atom. The first-order chi connectivity index (χ1) is 8.58. The number of nitrogens with one attached hydrogen (secondary N) is 2. The van der Waals surface area contributed by atoms with Crippen LogP contribution in [-0.2, 0) is 6.54 Å². The summed E-state index contributed by atoms with van der Waals surface area (Å²) < 4.78 is 1.85. The van der Waals surface area contributed by atoms with Crippen molar-refractivity contribution in [2.45, 2.75) is 26.4 Å². The van der Waals surface area contributed by atoms with Crippen LogP contribution in [0.2, 0.25) is 5.02 Å². The number of hydrogen-bond acceptors (Lipinski definition) is 2. The molecule has 2 heterocycles. The molecule has 0 aliphatic carbocycles. The average Bonchev–Trinajstić information content (AvgIpc) is 2.94. The highest BCUT2D eigenvalue weighted by Gasteiger charge is 2.14. The Morgan fingerprint density at radius 1 is 1.61 bits per heavy atom. The van der Waals surface area contributed by atoms with Gasteiger partial charge < -0.3 is 9.88 Å². The minimum atomic E-state index is -0.142. The number of nitrogens with zero attached hydrogens (tertiary/aromatic N) is 2. The zero-order valence-corrected chi connectivity index (χ0v) is 11.0. The minimum absolute atomic E-state index is 0.142. The number of hydrogen-bond donors (Lipinski definition) is 2. The van der Waals surface area contributed by atoms with Crippen molar-refractivity contribution in [2.24, 2.45) is 0 Å². The van der Waals surface area contributed by atoms with E-state index in [1.165, 1.54) is 0 Å². The van der Waals surface area contributed by atoms with Crippen LogP contribution in [0.15, 0.2) is 24.7 Å². The molecule has 96 valence electrons. The summed E-state index contributed by atoms with van der Waals surface area (Å²) in [5.41, 5.74) is 1.50. The molecule has 0 bridgehead atoms. The van der Waals surface area contributed by atoms with Crippen LogP contribution >= 0.6 is 11.6 Å². The van der Waals surface area contributed by atoms with Crippen LogP contribution in [0.1, 0.15) is 35.9 Å². The first-order valence-electron chi connectivity index (χ1n) is 5.71.